The van der Waals surface area contributed by atoms with Gasteiger partial charge in [0, 0.05) is 37.6 Å². The van der Waals surface area contributed by atoms with Crippen molar-refractivity contribution in [3.8, 4) is 11.5 Å². The molecule has 0 aliphatic heterocycles. The molecule has 3 rings (SSSR count). The van der Waals surface area contributed by atoms with Gasteiger partial charge in [0.15, 0.2) is 0 Å². The molecule has 37 heavy (non-hydrogen) atoms. The molecule has 3 aromatic rings. The summed E-state index contributed by atoms with van der Waals surface area (Å²) in [5.41, 5.74) is 2.68. The quantitative estimate of drug-likeness (QED) is 0.297. The van der Waals surface area contributed by atoms with Crippen LogP contribution in [0.25, 0.3) is 10.9 Å². The number of halogens is 1. The molecule has 0 aliphatic rings. The minimum Gasteiger partial charge on any atom is -0.495 e. The van der Waals surface area contributed by atoms with Gasteiger partial charge >= 0.3 is 16.5 Å². The molecule has 0 saturated carbocycles. The van der Waals surface area contributed by atoms with Gasteiger partial charge in [0.05, 0.1) is 37.6 Å². The van der Waals surface area contributed by atoms with Crippen LogP contribution >= 0.6 is 11.6 Å². The molecule has 1 heterocycles. The summed E-state index contributed by atoms with van der Waals surface area (Å²) in [6.07, 6.45) is 1.17. The van der Waals surface area contributed by atoms with Gasteiger partial charge in [0.1, 0.15) is 23.6 Å². The Balaban J connectivity index is 0.000000877. The maximum absolute atomic E-state index is 12.2. The summed E-state index contributed by atoms with van der Waals surface area (Å²) >= 11 is 6.23. The average molecular weight is 559 g/mol. The predicted octanol–water partition coefficient (Wildman–Crippen LogP) is 3.00. The highest BCUT2D eigenvalue weighted by Crippen LogP contribution is 2.39. The number of rotatable bonds is 8. The van der Waals surface area contributed by atoms with Crippen molar-refractivity contribution in [2.75, 3.05) is 45.2 Å². The second-order valence-corrected chi connectivity index (χ2v) is 8.60. The SMILES string of the molecule is COC(=O)N(C)c1cc2c(NCc3ccc(OC)c(Cl)c3)ncnc2c(CCO)c1OC.O=S(=O)(O)O. The van der Waals surface area contributed by atoms with Crippen LogP contribution < -0.4 is 19.7 Å². The minimum absolute atomic E-state index is 0.117. The molecule has 0 saturated heterocycles. The lowest BCUT2D eigenvalue weighted by molar-refractivity contribution is 0.180. The van der Waals surface area contributed by atoms with Crippen molar-refractivity contribution in [3.05, 3.63) is 46.7 Å². The van der Waals surface area contributed by atoms with Gasteiger partial charge in [-0.25, -0.2) is 14.8 Å². The predicted molar refractivity (Wildman–Crippen MR) is 137 cm³/mol. The zero-order chi connectivity index (χ0) is 27.8. The first-order valence-electron chi connectivity index (χ1n) is 10.5. The van der Waals surface area contributed by atoms with Gasteiger partial charge in [-0.15, -0.1) is 0 Å². The van der Waals surface area contributed by atoms with E-state index in [9.17, 15) is 9.90 Å². The molecule has 0 unspecified atom stereocenters. The van der Waals surface area contributed by atoms with Gasteiger partial charge in [0.25, 0.3) is 0 Å². The Morgan fingerprint density at radius 3 is 2.35 bits per heavy atom. The fourth-order valence-corrected chi connectivity index (χ4v) is 3.72. The van der Waals surface area contributed by atoms with Crippen molar-refractivity contribution in [2.45, 2.75) is 13.0 Å². The molecule has 15 heteroatoms. The Morgan fingerprint density at radius 2 is 1.81 bits per heavy atom. The van der Waals surface area contributed by atoms with E-state index in [2.05, 4.69) is 15.3 Å². The molecule has 0 radical (unpaired) electrons. The number of carbonyl (C=O) groups is 1. The first-order chi connectivity index (χ1) is 17.4. The fraction of sp³-hybridized carbons (Fsp3) is 0.318. The minimum atomic E-state index is -4.67. The zero-order valence-electron chi connectivity index (χ0n) is 20.4. The Hall–Kier alpha value is -3.43. The maximum Gasteiger partial charge on any atom is 0.413 e. The van der Waals surface area contributed by atoms with Crippen molar-refractivity contribution in [2.24, 2.45) is 0 Å². The fourth-order valence-electron chi connectivity index (χ4n) is 3.44. The van der Waals surface area contributed by atoms with Gasteiger partial charge < -0.3 is 24.6 Å². The second-order valence-electron chi connectivity index (χ2n) is 7.30. The number of hydrogen-bond acceptors (Lipinski definition) is 10. The van der Waals surface area contributed by atoms with Gasteiger partial charge in [-0.05, 0) is 23.8 Å². The van der Waals surface area contributed by atoms with Crippen LogP contribution in [0.5, 0.6) is 11.5 Å². The molecular formula is C22H27ClN4O9S. The lowest BCUT2D eigenvalue weighted by Gasteiger charge is -2.22. The number of aromatic nitrogens is 2. The van der Waals surface area contributed by atoms with Crippen LogP contribution in [-0.4, -0.2) is 73.7 Å². The highest BCUT2D eigenvalue weighted by atomic mass is 35.5. The van der Waals surface area contributed by atoms with E-state index in [1.54, 1.807) is 26.3 Å². The monoisotopic (exact) mass is 558 g/mol. The number of anilines is 2. The molecule has 2 aromatic carbocycles. The summed E-state index contributed by atoms with van der Waals surface area (Å²) in [7, 11) is 1.28. The molecule has 202 valence electrons. The summed E-state index contributed by atoms with van der Waals surface area (Å²) < 4.78 is 47.2. The Labute approximate surface area is 218 Å². The van der Waals surface area contributed by atoms with E-state index in [0.29, 0.717) is 51.0 Å². The molecule has 0 bridgehead atoms. The number of nitrogens with zero attached hydrogens (tertiary/aromatic N) is 3. The van der Waals surface area contributed by atoms with Crippen LogP contribution in [0.3, 0.4) is 0 Å². The number of nitrogens with one attached hydrogen (secondary N) is 1. The molecule has 1 aromatic heterocycles. The van der Waals surface area contributed by atoms with E-state index in [1.165, 1.54) is 25.4 Å². The number of benzene rings is 2. The molecule has 13 nitrogen and oxygen atoms in total. The Bertz CT molecular complexity index is 1350. The largest absolute Gasteiger partial charge is 0.495 e. The van der Waals surface area contributed by atoms with E-state index in [4.69, 9.17) is 43.3 Å². The van der Waals surface area contributed by atoms with Crippen LogP contribution in [0.1, 0.15) is 11.1 Å². The highest BCUT2D eigenvalue weighted by molar-refractivity contribution is 7.79. The summed E-state index contributed by atoms with van der Waals surface area (Å²) in [6.45, 7) is 0.327. The molecule has 0 aliphatic carbocycles. The van der Waals surface area contributed by atoms with Gasteiger partial charge in [-0.2, -0.15) is 8.42 Å². The standard InChI is InChI=1S/C22H25ClN4O5.H2O4S/c1-27(22(29)32-4)17-10-15-19(14(7-8-28)20(17)31-3)25-12-26-21(15)24-11-13-5-6-18(30-2)16(23)9-13;1-5(2,3)4/h5-6,9-10,12,28H,7-8,11H2,1-4H3,(H,24,25,26);(H2,1,2,3,4). The third-order valence-corrected chi connectivity index (χ3v) is 5.30. The third-order valence-electron chi connectivity index (χ3n) is 5.01. The number of ether oxygens (including phenoxy) is 3. The number of aliphatic hydroxyl groups excluding tert-OH is 1. The number of aliphatic hydroxyl groups is 1. The van der Waals surface area contributed by atoms with Crippen LogP contribution in [0.15, 0.2) is 30.6 Å². The zero-order valence-corrected chi connectivity index (χ0v) is 22.0. The number of fused-ring (bicyclic) bond motifs is 1. The van der Waals surface area contributed by atoms with E-state index < -0.39 is 16.5 Å². The van der Waals surface area contributed by atoms with E-state index in [0.717, 1.165) is 5.56 Å². The maximum atomic E-state index is 12.2. The van der Waals surface area contributed by atoms with Crippen LogP contribution in [0, 0.1) is 0 Å². The first-order valence-corrected chi connectivity index (χ1v) is 12.3. The van der Waals surface area contributed by atoms with Gasteiger partial charge in [-0.1, -0.05) is 17.7 Å². The average Bonchev–Trinajstić information content (AvgIpc) is 2.85. The first kappa shape index (κ1) is 29.8. The number of hydrogen-bond donors (Lipinski definition) is 4. The van der Waals surface area contributed by atoms with Crippen molar-refractivity contribution in [3.63, 3.8) is 0 Å². The summed E-state index contributed by atoms with van der Waals surface area (Å²) in [5, 5.41) is 14.1. The smallest absolute Gasteiger partial charge is 0.413 e. The molecule has 0 spiro atoms. The van der Waals surface area contributed by atoms with E-state index >= 15 is 0 Å². The second kappa shape index (κ2) is 13.2. The van der Waals surface area contributed by atoms with Crippen molar-refractivity contribution in [1.82, 2.24) is 9.97 Å². The summed E-state index contributed by atoms with van der Waals surface area (Å²) in [6, 6.07) is 7.27. The number of carbonyl (C=O) groups excluding carboxylic acids is 1. The normalized spacial score (nSPS) is 10.8. The number of amides is 1. The summed E-state index contributed by atoms with van der Waals surface area (Å²) in [4.78, 5) is 22.3. The van der Waals surface area contributed by atoms with E-state index in [1.807, 2.05) is 12.1 Å². The Morgan fingerprint density at radius 1 is 1.14 bits per heavy atom. The molecule has 1 amide bonds. The van der Waals surface area contributed by atoms with Crippen LogP contribution in [0.2, 0.25) is 5.02 Å². The summed E-state index contributed by atoms with van der Waals surface area (Å²) in [5.74, 6) is 1.59. The molecule has 4 N–H and O–H groups in total. The lowest BCUT2D eigenvalue weighted by Crippen LogP contribution is -2.26. The van der Waals surface area contributed by atoms with Crippen molar-refractivity contribution >= 4 is 50.5 Å². The topological polar surface area (TPSA) is 181 Å². The molecule has 0 fully saturated rings. The third kappa shape index (κ3) is 8.03. The van der Waals surface area contributed by atoms with Crippen LogP contribution in [-0.2, 0) is 28.1 Å². The number of methoxy groups -OCH3 is 3. The lowest BCUT2D eigenvalue weighted by atomic mass is 10.0. The van der Waals surface area contributed by atoms with Crippen LogP contribution in [0.4, 0.5) is 16.3 Å². The van der Waals surface area contributed by atoms with Gasteiger partial charge in [-0.3, -0.25) is 14.0 Å². The highest BCUT2D eigenvalue weighted by Gasteiger charge is 2.23. The molecule has 0 atom stereocenters. The van der Waals surface area contributed by atoms with E-state index in [-0.39, 0.29) is 13.0 Å². The van der Waals surface area contributed by atoms with Crippen molar-refractivity contribution < 1.29 is 41.6 Å². The Kier molecular flexibility index (Phi) is 10.6. The van der Waals surface area contributed by atoms with Gasteiger partial charge in [0.2, 0.25) is 0 Å². The molecular weight excluding hydrogens is 532 g/mol. The van der Waals surface area contributed by atoms with Crippen molar-refractivity contribution in [1.29, 1.82) is 0 Å².